The highest BCUT2D eigenvalue weighted by Crippen LogP contribution is 2.22. The summed E-state index contributed by atoms with van der Waals surface area (Å²) in [5, 5.41) is 0. The molecule has 0 spiro atoms. The molecule has 0 aromatic rings. The van der Waals surface area contributed by atoms with Crippen molar-refractivity contribution in [1.29, 1.82) is 0 Å². The number of hydrogen-bond acceptors (Lipinski definition) is 2. The molecule has 2 nitrogen and oxygen atoms in total. The first-order valence-electron chi connectivity index (χ1n) is 3.64. The summed E-state index contributed by atoms with van der Waals surface area (Å²) in [7, 11) is 0. The van der Waals surface area contributed by atoms with Crippen LogP contribution in [-0.2, 0) is 0 Å². The third-order valence-electron chi connectivity index (χ3n) is 2.37. The summed E-state index contributed by atoms with van der Waals surface area (Å²) in [5.74, 6) is 0. The summed E-state index contributed by atoms with van der Waals surface area (Å²) < 4.78 is 0. The van der Waals surface area contributed by atoms with Gasteiger partial charge in [-0.2, -0.15) is 0 Å². The quantitative estimate of drug-likeness (QED) is 0.589. The standard InChI is InChI=1S/C7H18N2/c1-3-7(4-2,5-8)6-9/h3-6,8-9H2,1-2H3. The van der Waals surface area contributed by atoms with Crippen molar-refractivity contribution in [2.75, 3.05) is 13.1 Å². The van der Waals surface area contributed by atoms with Crippen molar-refractivity contribution in [3.63, 3.8) is 0 Å². The minimum absolute atomic E-state index is 0.222. The molecule has 0 amide bonds. The van der Waals surface area contributed by atoms with Gasteiger partial charge in [-0.1, -0.05) is 13.8 Å². The summed E-state index contributed by atoms with van der Waals surface area (Å²) in [5.41, 5.74) is 11.3. The van der Waals surface area contributed by atoms with Gasteiger partial charge in [0.1, 0.15) is 0 Å². The molecule has 0 radical (unpaired) electrons. The zero-order valence-electron chi connectivity index (χ0n) is 6.48. The molecule has 4 N–H and O–H groups in total. The molecule has 0 unspecified atom stereocenters. The zero-order chi connectivity index (χ0) is 7.33. The number of hydrogen-bond donors (Lipinski definition) is 2. The molecule has 9 heavy (non-hydrogen) atoms. The monoisotopic (exact) mass is 130 g/mol. The lowest BCUT2D eigenvalue weighted by Gasteiger charge is -2.27. The number of nitrogens with two attached hydrogens (primary N) is 2. The number of rotatable bonds is 4. The van der Waals surface area contributed by atoms with E-state index in [1.807, 2.05) is 0 Å². The molecule has 0 aliphatic rings. The summed E-state index contributed by atoms with van der Waals surface area (Å²) >= 11 is 0. The topological polar surface area (TPSA) is 52.0 Å². The van der Waals surface area contributed by atoms with Crippen LogP contribution >= 0.6 is 0 Å². The first-order chi connectivity index (χ1) is 4.24. The van der Waals surface area contributed by atoms with Gasteiger partial charge in [0.25, 0.3) is 0 Å². The van der Waals surface area contributed by atoms with Crippen LogP contribution in [-0.4, -0.2) is 13.1 Å². The van der Waals surface area contributed by atoms with Gasteiger partial charge in [-0.05, 0) is 31.3 Å². The summed E-state index contributed by atoms with van der Waals surface area (Å²) in [6.07, 6.45) is 2.19. The van der Waals surface area contributed by atoms with Crippen LogP contribution in [0.5, 0.6) is 0 Å². The lowest BCUT2D eigenvalue weighted by Crippen LogP contribution is -2.36. The summed E-state index contributed by atoms with van der Waals surface area (Å²) in [6, 6.07) is 0. The third kappa shape index (κ3) is 1.95. The van der Waals surface area contributed by atoms with E-state index in [9.17, 15) is 0 Å². The van der Waals surface area contributed by atoms with Crippen molar-refractivity contribution in [3.05, 3.63) is 0 Å². The second-order valence-corrected chi connectivity index (χ2v) is 2.62. The van der Waals surface area contributed by atoms with Crippen LogP contribution in [0.2, 0.25) is 0 Å². The Morgan fingerprint density at radius 1 is 1.00 bits per heavy atom. The Morgan fingerprint density at radius 3 is 1.33 bits per heavy atom. The molecule has 0 bridgehead atoms. The Bertz CT molecular complexity index is 49.8. The summed E-state index contributed by atoms with van der Waals surface area (Å²) in [4.78, 5) is 0. The van der Waals surface area contributed by atoms with Crippen molar-refractivity contribution in [2.24, 2.45) is 16.9 Å². The van der Waals surface area contributed by atoms with Gasteiger partial charge in [-0.15, -0.1) is 0 Å². The van der Waals surface area contributed by atoms with Crippen LogP contribution < -0.4 is 11.5 Å². The maximum absolute atomic E-state index is 5.56. The van der Waals surface area contributed by atoms with Gasteiger partial charge in [0.2, 0.25) is 0 Å². The Morgan fingerprint density at radius 2 is 1.33 bits per heavy atom. The van der Waals surface area contributed by atoms with Gasteiger partial charge in [0, 0.05) is 0 Å². The minimum Gasteiger partial charge on any atom is -0.330 e. The first kappa shape index (κ1) is 8.92. The Labute approximate surface area is 57.6 Å². The fourth-order valence-corrected chi connectivity index (χ4v) is 0.911. The Hall–Kier alpha value is -0.0800. The summed E-state index contributed by atoms with van der Waals surface area (Å²) in [6.45, 7) is 5.72. The van der Waals surface area contributed by atoms with E-state index in [0.29, 0.717) is 0 Å². The van der Waals surface area contributed by atoms with Crippen LogP contribution in [0.25, 0.3) is 0 Å². The maximum Gasteiger partial charge on any atom is -0.000865 e. The Balaban J connectivity index is 3.82. The van der Waals surface area contributed by atoms with Crippen molar-refractivity contribution in [3.8, 4) is 0 Å². The molecular weight excluding hydrogens is 112 g/mol. The smallest absolute Gasteiger partial charge is 0.000865 e. The van der Waals surface area contributed by atoms with E-state index in [0.717, 1.165) is 25.9 Å². The molecule has 0 aliphatic carbocycles. The molecule has 0 rings (SSSR count). The second-order valence-electron chi connectivity index (χ2n) is 2.62. The molecule has 0 heterocycles. The van der Waals surface area contributed by atoms with Gasteiger partial charge in [0.15, 0.2) is 0 Å². The lowest BCUT2D eigenvalue weighted by molar-refractivity contribution is 0.285. The van der Waals surface area contributed by atoms with Crippen LogP contribution in [0, 0.1) is 5.41 Å². The molecule has 2 heteroatoms. The van der Waals surface area contributed by atoms with Crippen LogP contribution in [0.4, 0.5) is 0 Å². The molecule has 56 valence electrons. The van der Waals surface area contributed by atoms with Crippen molar-refractivity contribution in [2.45, 2.75) is 26.7 Å². The fourth-order valence-electron chi connectivity index (χ4n) is 0.911. The van der Waals surface area contributed by atoms with Crippen LogP contribution in [0.3, 0.4) is 0 Å². The Kier molecular flexibility index (Phi) is 3.82. The minimum atomic E-state index is 0.222. The van der Waals surface area contributed by atoms with E-state index in [4.69, 9.17) is 11.5 Å². The normalized spacial score (nSPS) is 12.0. The molecular formula is C7H18N2. The van der Waals surface area contributed by atoms with Crippen LogP contribution in [0.15, 0.2) is 0 Å². The highest BCUT2D eigenvalue weighted by molar-refractivity contribution is 4.77. The van der Waals surface area contributed by atoms with Crippen LogP contribution in [0.1, 0.15) is 26.7 Å². The van der Waals surface area contributed by atoms with Gasteiger partial charge >= 0.3 is 0 Å². The average Bonchev–Trinajstić information content (AvgIpc) is 1.95. The van der Waals surface area contributed by atoms with Crippen molar-refractivity contribution >= 4 is 0 Å². The highest BCUT2D eigenvalue weighted by atomic mass is 14.7. The average molecular weight is 130 g/mol. The molecule has 0 saturated carbocycles. The van der Waals surface area contributed by atoms with E-state index < -0.39 is 0 Å². The van der Waals surface area contributed by atoms with Gasteiger partial charge < -0.3 is 11.5 Å². The maximum atomic E-state index is 5.56. The first-order valence-corrected chi connectivity index (χ1v) is 3.64. The van der Waals surface area contributed by atoms with Gasteiger partial charge in [0.05, 0.1) is 0 Å². The molecule has 0 atom stereocenters. The second kappa shape index (κ2) is 3.85. The molecule has 0 aromatic heterocycles. The highest BCUT2D eigenvalue weighted by Gasteiger charge is 2.21. The van der Waals surface area contributed by atoms with Gasteiger partial charge in [-0.25, -0.2) is 0 Å². The molecule has 0 fully saturated rings. The SMILES string of the molecule is CCC(CC)(CN)CN. The van der Waals surface area contributed by atoms with Gasteiger partial charge in [-0.3, -0.25) is 0 Å². The predicted octanol–water partition coefficient (Wildman–Crippen LogP) is 0.710. The molecule has 0 aromatic carbocycles. The van der Waals surface area contributed by atoms with Crippen molar-refractivity contribution in [1.82, 2.24) is 0 Å². The third-order valence-corrected chi connectivity index (χ3v) is 2.37. The zero-order valence-corrected chi connectivity index (χ0v) is 6.48. The molecule has 0 saturated heterocycles. The van der Waals surface area contributed by atoms with E-state index in [2.05, 4.69) is 13.8 Å². The predicted molar refractivity (Wildman–Crippen MR) is 41.1 cm³/mol. The van der Waals surface area contributed by atoms with E-state index in [1.54, 1.807) is 0 Å². The fraction of sp³-hybridized carbons (Fsp3) is 1.00. The van der Waals surface area contributed by atoms with E-state index in [1.165, 1.54) is 0 Å². The molecule has 0 aliphatic heterocycles. The largest absolute Gasteiger partial charge is 0.330 e. The van der Waals surface area contributed by atoms with E-state index in [-0.39, 0.29) is 5.41 Å². The van der Waals surface area contributed by atoms with Crippen molar-refractivity contribution < 1.29 is 0 Å². The van der Waals surface area contributed by atoms with E-state index >= 15 is 0 Å². The lowest BCUT2D eigenvalue weighted by atomic mass is 9.83.